The second-order valence-corrected chi connectivity index (χ2v) is 5.72. The van der Waals surface area contributed by atoms with E-state index in [1.54, 1.807) is 20.8 Å². The predicted molar refractivity (Wildman–Crippen MR) is 66.2 cm³/mol. The number of carboxylic acids is 1. The van der Waals surface area contributed by atoms with Crippen LogP contribution in [0.2, 0.25) is 0 Å². The van der Waals surface area contributed by atoms with Gasteiger partial charge in [0.2, 0.25) is 11.8 Å². The number of nitrogens with one attached hydrogen (secondary N) is 1. The van der Waals surface area contributed by atoms with E-state index < -0.39 is 29.4 Å². The van der Waals surface area contributed by atoms with Gasteiger partial charge >= 0.3 is 5.97 Å². The Morgan fingerprint density at radius 1 is 1.32 bits per heavy atom. The highest BCUT2D eigenvalue weighted by molar-refractivity contribution is 5.89. The third-order valence-electron chi connectivity index (χ3n) is 2.97. The highest BCUT2D eigenvalue weighted by Gasteiger charge is 2.38. The maximum Gasteiger partial charge on any atom is 0.326 e. The molecule has 0 bridgehead atoms. The summed E-state index contributed by atoms with van der Waals surface area (Å²) in [6.45, 7) is 4.87. The number of nitrogens with zero attached hydrogens (tertiary/aromatic N) is 1. The summed E-state index contributed by atoms with van der Waals surface area (Å²) in [5.74, 6) is -1.93. The number of carboxylic acid groups (broad SMARTS) is 1. The third kappa shape index (κ3) is 3.92. The molecule has 3 N–H and O–H groups in total. The minimum absolute atomic E-state index is 0.0127. The van der Waals surface area contributed by atoms with Crippen LogP contribution in [0.4, 0.5) is 0 Å². The number of aliphatic hydroxyl groups excluding tert-OH is 1. The zero-order valence-corrected chi connectivity index (χ0v) is 11.3. The van der Waals surface area contributed by atoms with Crippen LogP contribution in [0.25, 0.3) is 0 Å². The van der Waals surface area contributed by atoms with Crippen LogP contribution in [0.3, 0.4) is 0 Å². The lowest BCUT2D eigenvalue weighted by molar-refractivity contribution is -0.148. The number of hydrogen-bond acceptors (Lipinski definition) is 4. The molecule has 0 aromatic carbocycles. The van der Waals surface area contributed by atoms with Crippen LogP contribution in [-0.2, 0) is 14.4 Å². The summed E-state index contributed by atoms with van der Waals surface area (Å²) < 4.78 is 0. The molecule has 1 rings (SSSR count). The lowest BCUT2D eigenvalue weighted by Gasteiger charge is -2.23. The van der Waals surface area contributed by atoms with Crippen molar-refractivity contribution in [2.75, 3.05) is 13.1 Å². The largest absolute Gasteiger partial charge is 0.480 e. The molecule has 0 unspecified atom stereocenters. The molecule has 2 atom stereocenters. The van der Waals surface area contributed by atoms with Gasteiger partial charge in [0.1, 0.15) is 6.04 Å². The predicted octanol–water partition coefficient (Wildman–Crippen LogP) is -0.805. The number of carbonyl (C=O) groups excluding carboxylic acids is 2. The molecule has 2 amide bonds. The van der Waals surface area contributed by atoms with E-state index in [9.17, 15) is 19.5 Å². The van der Waals surface area contributed by atoms with E-state index in [4.69, 9.17) is 5.11 Å². The van der Waals surface area contributed by atoms with Gasteiger partial charge in [-0.1, -0.05) is 20.8 Å². The van der Waals surface area contributed by atoms with Crippen molar-refractivity contribution in [1.29, 1.82) is 0 Å². The molecule has 1 fully saturated rings. The highest BCUT2D eigenvalue weighted by Crippen LogP contribution is 2.18. The molecule has 0 aliphatic carbocycles. The van der Waals surface area contributed by atoms with Crippen molar-refractivity contribution < 1.29 is 24.6 Å². The Morgan fingerprint density at radius 3 is 2.37 bits per heavy atom. The van der Waals surface area contributed by atoms with Crippen LogP contribution in [0.1, 0.15) is 27.2 Å². The zero-order chi connectivity index (χ0) is 14.8. The van der Waals surface area contributed by atoms with Crippen molar-refractivity contribution in [3.05, 3.63) is 0 Å². The zero-order valence-electron chi connectivity index (χ0n) is 11.3. The van der Waals surface area contributed by atoms with E-state index in [2.05, 4.69) is 5.32 Å². The van der Waals surface area contributed by atoms with Crippen LogP contribution >= 0.6 is 0 Å². The minimum Gasteiger partial charge on any atom is -0.480 e. The highest BCUT2D eigenvalue weighted by atomic mass is 16.4. The fraction of sp³-hybridized carbons (Fsp3) is 0.750. The van der Waals surface area contributed by atoms with Crippen molar-refractivity contribution in [3.63, 3.8) is 0 Å². The first-order valence-electron chi connectivity index (χ1n) is 6.11. The topological polar surface area (TPSA) is 107 Å². The smallest absolute Gasteiger partial charge is 0.326 e. The Morgan fingerprint density at radius 2 is 1.89 bits per heavy atom. The van der Waals surface area contributed by atoms with E-state index in [1.165, 1.54) is 0 Å². The summed E-state index contributed by atoms with van der Waals surface area (Å²) in [5.41, 5.74) is -0.614. The summed E-state index contributed by atoms with van der Waals surface area (Å²) in [6.07, 6.45) is -0.808. The number of hydrogen-bond donors (Lipinski definition) is 3. The molecule has 108 valence electrons. The molecule has 1 aliphatic heterocycles. The van der Waals surface area contributed by atoms with Gasteiger partial charge in [-0.15, -0.1) is 0 Å². The molecular weight excluding hydrogens is 252 g/mol. The van der Waals surface area contributed by atoms with Gasteiger partial charge in [-0.25, -0.2) is 4.79 Å². The third-order valence-corrected chi connectivity index (χ3v) is 2.97. The lowest BCUT2D eigenvalue weighted by atomic mass is 9.96. The number of aliphatic hydroxyl groups is 1. The molecule has 1 saturated heterocycles. The van der Waals surface area contributed by atoms with Crippen LogP contribution in [0.5, 0.6) is 0 Å². The van der Waals surface area contributed by atoms with E-state index in [-0.39, 0.29) is 25.4 Å². The molecule has 19 heavy (non-hydrogen) atoms. The van der Waals surface area contributed by atoms with Gasteiger partial charge in [-0.2, -0.15) is 0 Å². The van der Waals surface area contributed by atoms with Crippen molar-refractivity contribution in [3.8, 4) is 0 Å². The number of β-amino-alcohol motifs (C(OH)–C–C–N with tert-alkyl or cyclic N) is 1. The first-order chi connectivity index (χ1) is 8.62. The van der Waals surface area contributed by atoms with Crippen molar-refractivity contribution in [2.45, 2.75) is 39.3 Å². The quantitative estimate of drug-likeness (QED) is 0.623. The summed E-state index contributed by atoms with van der Waals surface area (Å²) in [5, 5.41) is 20.9. The van der Waals surface area contributed by atoms with Crippen molar-refractivity contribution in [2.24, 2.45) is 5.41 Å². The lowest BCUT2D eigenvalue weighted by Crippen LogP contribution is -2.47. The molecule has 0 saturated carbocycles. The van der Waals surface area contributed by atoms with E-state index in [0.29, 0.717) is 0 Å². The van der Waals surface area contributed by atoms with Crippen molar-refractivity contribution in [1.82, 2.24) is 10.2 Å². The van der Waals surface area contributed by atoms with Gasteiger partial charge in [-0.3, -0.25) is 9.59 Å². The number of likely N-dealkylation sites (tertiary alicyclic amines) is 1. The van der Waals surface area contributed by atoms with Gasteiger partial charge in [0, 0.05) is 18.4 Å². The Kier molecular flexibility index (Phi) is 4.52. The second kappa shape index (κ2) is 5.56. The van der Waals surface area contributed by atoms with E-state index in [1.807, 2.05) is 0 Å². The normalized spacial score (nSPS) is 23.3. The SMILES string of the molecule is CC(C)(C)C(=O)NCC(=O)N1C[C@H](O)C[C@H]1C(=O)O. The van der Waals surface area contributed by atoms with Gasteiger partial charge < -0.3 is 20.4 Å². The standard InChI is InChI=1S/C12H20N2O5/c1-12(2,3)11(19)13-5-9(16)14-6-7(15)4-8(14)10(17)18/h7-8,15H,4-6H2,1-3H3,(H,13,19)(H,17,18)/t7-,8+/m1/s1. The average molecular weight is 272 g/mol. The Labute approximate surface area is 111 Å². The second-order valence-electron chi connectivity index (χ2n) is 5.72. The first-order valence-corrected chi connectivity index (χ1v) is 6.11. The van der Waals surface area contributed by atoms with Gasteiger partial charge in [0.15, 0.2) is 0 Å². The summed E-state index contributed by atoms with van der Waals surface area (Å²) in [6, 6.07) is -1.02. The summed E-state index contributed by atoms with van der Waals surface area (Å²) in [7, 11) is 0. The van der Waals surface area contributed by atoms with E-state index in [0.717, 1.165) is 4.90 Å². The fourth-order valence-corrected chi connectivity index (χ4v) is 1.85. The maximum atomic E-state index is 11.9. The molecule has 1 aliphatic rings. The number of aliphatic carboxylic acids is 1. The molecule has 0 radical (unpaired) electrons. The molecule has 0 spiro atoms. The van der Waals surface area contributed by atoms with Crippen LogP contribution in [0.15, 0.2) is 0 Å². The monoisotopic (exact) mass is 272 g/mol. The number of rotatable bonds is 3. The van der Waals surface area contributed by atoms with Crippen LogP contribution < -0.4 is 5.32 Å². The molecule has 0 aromatic rings. The van der Waals surface area contributed by atoms with Gasteiger partial charge in [-0.05, 0) is 0 Å². The molecule has 7 heteroatoms. The van der Waals surface area contributed by atoms with Crippen molar-refractivity contribution >= 4 is 17.8 Å². The van der Waals surface area contributed by atoms with Gasteiger partial charge in [0.05, 0.1) is 12.6 Å². The maximum absolute atomic E-state index is 11.9. The average Bonchev–Trinajstić information content (AvgIpc) is 2.66. The number of carbonyl (C=O) groups is 3. The summed E-state index contributed by atoms with van der Waals surface area (Å²) in [4.78, 5) is 35.6. The molecule has 7 nitrogen and oxygen atoms in total. The summed E-state index contributed by atoms with van der Waals surface area (Å²) >= 11 is 0. The molecule has 0 aromatic heterocycles. The number of amides is 2. The van der Waals surface area contributed by atoms with Crippen LogP contribution in [0, 0.1) is 5.41 Å². The first kappa shape index (κ1) is 15.4. The van der Waals surface area contributed by atoms with E-state index >= 15 is 0 Å². The Bertz CT molecular complexity index is 388. The Balaban J connectivity index is 2.58. The minimum atomic E-state index is -1.15. The van der Waals surface area contributed by atoms with Gasteiger partial charge in [0.25, 0.3) is 0 Å². The fourth-order valence-electron chi connectivity index (χ4n) is 1.85. The molecular formula is C12H20N2O5. The van der Waals surface area contributed by atoms with Crippen LogP contribution in [-0.4, -0.2) is 58.1 Å². The molecule has 1 heterocycles. The Hall–Kier alpha value is -1.63.